The molecular weight excluding hydrogens is 294 g/mol. The van der Waals surface area contributed by atoms with Crippen LogP contribution in [0.25, 0.3) is 0 Å². The normalized spacial score (nSPS) is 21.1. The van der Waals surface area contributed by atoms with Gasteiger partial charge in [0, 0.05) is 6.54 Å². The van der Waals surface area contributed by atoms with E-state index in [0.29, 0.717) is 6.54 Å². The minimum Gasteiger partial charge on any atom is -0.467 e. The maximum absolute atomic E-state index is 12.4. The number of esters is 1. The molecule has 0 bridgehead atoms. The Bertz CT molecular complexity index is 550. The van der Waals surface area contributed by atoms with E-state index in [1.165, 1.54) is 12.0 Å². The van der Waals surface area contributed by atoms with Gasteiger partial charge in [-0.25, -0.2) is 9.59 Å². The van der Waals surface area contributed by atoms with Crippen LogP contribution in [0.5, 0.6) is 0 Å². The highest BCUT2D eigenvalue weighted by Crippen LogP contribution is 2.30. The maximum Gasteiger partial charge on any atom is 0.411 e. The second-order valence-electron chi connectivity index (χ2n) is 6.88. The second-order valence-corrected chi connectivity index (χ2v) is 6.88. The van der Waals surface area contributed by atoms with Gasteiger partial charge >= 0.3 is 12.1 Å². The Labute approximate surface area is 137 Å². The number of benzene rings is 1. The first-order chi connectivity index (χ1) is 10.8. The molecule has 23 heavy (non-hydrogen) atoms. The van der Waals surface area contributed by atoms with Crippen LogP contribution in [-0.2, 0) is 20.7 Å². The van der Waals surface area contributed by atoms with E-state index < -0.39 is 17.7 Å². The zero-order valence-electron chi connectivity index (χ0n) is 14.2. The van der Waals surface area contributed by atoms with Crippen molar-refractivity contribution < 1.29 is 19.1 Å². The van der Waals surface area contributed by atoms with Crippen LogP contribution in [0.15, 0.2) is 30.3 Å². The topological polar surface area (TPSA) is 55.8 Å². The highest BCUT2D eigenvalue weighted by atomic mass is 16.6. The van der Waals surface area contributed by atoms with E-state index in [1.54, 1.807) is 0 Å². The van der Waals surface area contributed by atoms with Crippen LogP contribution < -0.4 is 0 Å². The van der Waals surface area contributed by atoms with Gasteiger partial charge in [-0.1, -0.05) is 30.3 Å². The summed E-state index contributed by atoms with van der Waals surface area (Å²) in [5, 5.41) is 0. The summed E-state index contributed by atoms with van der Waals surface area (Å²) >= 11 is 0. The van der Waals surface area contributed by atoms with E-state index in [4.69, 9.17) is 9.47 Å². The number of methoxy groups -OCH3 is 1. The molecule has 1 saturated heterocycles. The van der Waals surface area contributed by atoms with Gasteiger partial charge < -0.3 is 9.47 Å². The van der Waals surface area contributed by atoms with Gasteiger partial charge in [-0.05, 0) is 45.1 Å². The maximum atomic E-state index is 12.4. The van der Waals surface area contributed by atoms with Crippen LogP contribution in [0, 0.1) is 5.92 Å². The lowest BCUT2D eigenvalue weighted by Crippen LogP contribution is -2.46. The molecule has 1 aliphatic heterocycles. The predicted molar refractivity (Wildman–Crippen MR) is 87.0 cm³/mol. The Morgan fingerprint density at radius 3 is 2.43 bits per heavy atom. The van der Waals surface area contributed by atoms with Gasteiger partial charge in [0.15, 0.2) is 0 Å². The number of ether oxygens (including phenoxy) is 2. The van der Waals surface area contributed by atoms with Gasteiger partial charge in [-0.3, -0.25) is 4.90 Å². The van der Waals surface area contributed by atoms with Crippen LogP contribution >= 0.6 is 0 Å². The number of nitrogens with zero attached hydrogens (tertiary/aromatic N) is 1. The predicted octanol–water partition coefficient (Wildman–Crippen LogP) is 3.03. The molecular formula is C18H25NO4. The van der Waals surface area contributed by atoms with Crippen LogP contribution in [0.2, 0.25) is 0 Å². The molecule has 5 heteroatoms. The molecule has 0 unspecified atom stereocenters. The van der Waals surface area contributed by atoms with Crippen LogP contribution in [0.4, 0.5) is 4.79 Å². The Hall–Kier alpha value is -2.04. The highest BCUT2D eigenvalue weighted by Gasteiger charge is 2.44. The van der Waals surface area contributed by atoms with E-state index in [1.807, 2.05) is 51.1 Å². The number of likely N-dealkylation sites (tertiary alicyclic amines) is 1. The van der Waals surface area contributed by atoms with E-state index >= 15 is 0 Å². The molecule has 0 aromatic heterocycles. The van der Waals surface area contributed by atoms with Crippen molar-refractivity contribution in [2.75, 3.05) is 13.7 Å². The number of amides is 1. The number of hydrogen-bond acceptors (Lipinski definition) is 4. The lowest BCUT2D eigenvalue weighted by atomic mass is 9.92. The van der Waals surface area contributed by atoms with E-state index in [9.17, 15) is 9.59 Å². The molecule has 0 N–H and O–H groups in total. The first-order valence-corrected chi connectivity index (χ1v) is 7.93. The SMILES string of the molecule is COC(=O)[C@H]1[C@@H](Cc2ccccc2)CCN1C(=O)OC(C)(C)C. The highest BCUT2D eigenvalue weighted by molar-refractivity contribution is 5.82. The van der Waals surface area contributed by atoms with Crippen molar-refractivity contribution in [2.45, 2.75) is 45.3 Å². The van der Waals surface area contributed by atoms with Gasteiger partial charge in [0.1, 0.15) is 11.6 Å². The minimum absolute atomic E-state index is 0.0392. The molecule has 1 aliphatic rings. The molecule has 2 rings (SSSR count). The van der Waals surface area contributed by atoms with Crippen molar-refractivity contribution in [2.24, 2.45) is 5.92 Å². The van der Waals surface area contributed by atoms with Crippen molar-refractivity contribution in [3.05, 3.63) is 35.9 Å². The van der Waals surface area contributed by atoms with Gasteiger partial charge in [-0.2, -0.15) is 0 Å². The van der Waals surface area contributed by atoms with Gasteiger partial charge in [0.05, 0.1) is 7.11 Å². The molecule has 1 amide bonds. The molecule has 0 radical (unpaired) electrons. The van der Waals surface area contributed by atoms with Crippen LogP contribution in [0.1, 0.15) is 32.8 Å². The monoisotopic (exact) mass is 319 g/mol. The third-order valence-corrected chi connectivity index (χ3v) is 3.93. The molecule has 2 atom stereocenters. The third-order valence-electron chi connectivity index (χ3n) is 3.93. The summed E-state index contributed by atoms with van der Waals surface area (Å²) in [7, 11) is 1.35. The summed E-state index contributed by atoms with van der Waals surface area (Å²) in [6.45, 7) is 5.95. The molecule has 0 spiro atoms. The summed E-state index contributed by atoms with van der Waals surface area (Å²) in [5.74, 6) is -0.341. The van der Waals surface area contributed by atoms with Crippen molar-refractivity contribution >= 4 is 12.1 Å². The second kappa shape index (κ2) is 7.02. The summed E-state index contributed by atoms with van der Waals surface area (Å²) in [4.78, 5) is 26.1. The Morgan fingerprint density at radius 2 is 1.87 bits per heavy atom. The summed E-state index contributed by atoms with van der Waals surface area (Å²) in [6, 6.07) is 9.39. The fourth-order valence-electron chi connectivity index (χ4n) is 2.95. The average Bonchev–Trinajstić information content (AvgIpc) is 2.89. The van der Waals surface area contributed by atoms with E-state index in [-0.39, 0.29) is 11.9 Å². The number of carbonyl (C=O) groups excluding carboxylic acids is 2. The zero-order valence-corrected chi connectivity index (χ0v) is 14.2. The van der Waals surface area contributed by atoms with E-state index in [0.717, 1.165) is 18.4 Å². The Morgan fingerprint density at radius 1 is 1.22 bits per heavy atom. The first-order valence-electron chi connectivity index (χ1n) is 7.93. The summed E-state index contributed by atoms with van der Waals surface area (Å²) < 4.78 is 10.3. The third kappa shape index (κ3) is 4.47. The fourth-order valence-corrected chi connectivity index (χ4v) is 2.95. The summed E-state index contributed by atoms with van der Waals surface area (Å²) in [6.07, 6.45) is 1.04. The zero-order chi connectivity index (χ0) is 17.0. The standard InChI is InChI=1S/C18H25NO4/c1-18(2,3)23-17(21)19-11-10-14(15(19)16(20)22-4)12-13-8-6-5-7-9-13/h5-9,14-15H,10-12H2,1-4H3/t14-,15-/m1/s1. The fraction of sp³-hybridized carbons (Fsp3) is 0.556. The molecule has 1 fully saturated rings. The number of carbonyl (C=O) groups is 2. The van der Waals surface area contributed by atoms with Crippen LogP contribution in [0.3, 0.4) is 0 Å². The van der Waals surface area contributed by atoms with Crippen molar-refractivity contribution in [3.63, 3.8) is 0 Å². The largest absolute Gasteiger partial charge is 0.467 e. The smallest absolute Gasteiger partial charge is 0.411 e. The Balaban J connectivity index is 2.15. The number of rotatable bonds is 3. The molecule has 1 aromatic rings. The van der Waals surface area contributed by atoms with Crippen LogP contribution in [-0.4, -0.2) is 42.3 Å². The molecule has 126 valence electrons. The lowest BCUT2D eigenvalue weighted by molar-refractivity contribution is -0.147. The van der Waals surface area contributed by atoms with Crippen molar-refractivity contribution in [1.82, 2.24) is 4.90 Å². The number of hydrogen-bond donors (Lipinski definition) is 0. The first kappa shape index (κ1) is 17.3. The lowest BCUT2D eigenvalue weighted by Gasteiger charge is -2.29. The molecule has 5 nitrogen and oxygen atoms in total. The van der Waals surface area contributed by atoms with Crippen molar-refractivity contribution in [1.29, 1.82) is 0 Å². The average molecular weight is 319 g/mol. The molecule has 1 heterocycles. The van der Waals surface area contributed by atoms with Crippen molar-refractivity contribution in [3.8, 4) is 0 Å². The minimum atomic E-state index is -0.588. The summed E-state index contributed by atoms with van der Waals surface area (Å²) in [5.41, 5.74) is 0.562. The molecule has 1 aromatic carbocycles. The molecule has 0 saturated carbocycles. The Kier molecular flexibility index (Phi) is 5.29. The van der Waals surface area contributed by atoms with E-state index in [2.05, 4.69) is 0 Å². The van der Waals surface area contributed by atoms with Gasteiger partial charge in [0.25, 0.3) is 0 Å². The van der Waals surface area contributed by atoms with Gasteiger partial charge in [0.2, 0.25) is 0 Å². The van der Waals surface area contributed by atoms with Gasteiger partial charge in [-0.15, -0.1) is 0 Å². The molecule has 0 aliphatic carbocycles. The quantitative estimate of drug-likeness (QED) is 0.804.